The number of halogens is 1. The molecule has 3 heterocycles. The van der Waals surface area contributed by atoms with E-state index in [0.29, 0.717) is 12.3 Å². The number of likely N-dealkylation sites (tertiary alicyclic amines) is 1. The summed E-state index contributed by atoms with van der Waals surface area (Å²) in [6.45, 7) is 1.86. The topological polar surface area (TPSA) is 38.1 Å². The second-order valence-electron chi connectivity index (χ2n) is 9.59. The van der Waals surface area contributed by atoms with Crippen molar-refractivity contribution in [2.75, 3.05) is 13.1 Å². The summed E-state index contributed by atoms with van der Waals surface area (Å²) in [7, 11) is 0. The standard InChI is InChI=1S/C27H28BrN3O/c28-22-9-7-21(8-10-22)27(24-4-2-1-3-23(24)26-29-15-18-31(26)27)14-11-25(32)30-16-12-20(13-17-30)19-5-6-19/h1-4,7-10,15,18-20H,5-6,11-14,16-17H2. The molecule has 0 bridgehead atoms. The first-order valence-electron chi connectivity index (χ1n) is 11.8. The summed E-state index contributed by atoms with van der Waals surface area (Å²) in [6, 6.07) is 17.1. The lowest BCUT2D eigenvalue weighted by Crippen LogP contribution is -2.40. The Hall–Kier alpha value is -2.40. The maximum Gasteiger partial charge on any atom is 0.222 e. The molecule has 6 rings (SSSR count). The van der Waals surface area contributed by atoms with E-state index in [1.54, 1.807) is 0 Å². The minimum Gasteiger partial charge on any atom is -0.343 e. The minimum absolute atomic E-state index is 0.293. The summed E-state index contributed by atoms with van der Waals surface area (Å²) < 4.78 is 3.34. The molecule has 3 aromatic rings. The molecular weight excluding hydrogens is 462 g/mol. The van der Waals surface area contributed by atoms with Gasteiger partial charge in [-0.25, -0.2) is 4.98 Å². The Morgan fingerprint density at radius 1 is 1.00 bits per heavy atom. The van der Waals surface area contributed by atoms with Gasteiger partial charge in [-0.05, 0) is 67.2 Å². The quantitative estimate of drug-likeness (QED) is 0.450. The summed E-state index contributed by atoms with van der Waals surface area (Å²) in [5.41, 5.74) is 3.19. The molecule has 5 heteroatoms. The fraction of sp³-hybridized carbons (Fsp3) is 0.407. The normalized spacial score (nSPS) is 22.6. The molecule has 4 nitrogen and oxygen atoms in total. The number of rotatable bonds is 5. The van der Waals surface area contributed by atoms with Gasteiger partial charge in [0, 0.05) is 41.9 Å². The Balaban J connectivity index is 1.32. The van der Waals surface area contributed by atoms with Crippen LogP contribution < -0.4 is 0 Å². The summed E-state index contributed by atoms with van der Waals surface area (Å²) in [5, 5.41) is 0. The number of fused-ring (bicyclic) bond motifs is 3. The second-order valence-corrected chi connectivity index (χ2v) is 10.5. The van der Waals surface area contributed by atoms with Crippen LogP contribution in [0.3, 0.4) is 0 Å². The highest BCUT2D eigenvalue weighted by Gasteiger charge is 2.45. The first kappa shape index (κ1) is 20.2. The predicted octanol–water partition coefficient (Wildman–Crippen LogP) is 5.85. The molecule has 1 saturated carbocycles. The Bertz CT molecular complexity index is 1140. The second kappa shape index (κ2) is 7.87. The number of carbonyl (C=O) groups excluding carboxylic acids is 1. The van der Waals surface area contributed by atoms with Crippen molar-refractivity contribution in [1.29, 1.82) is 0 Å². The van der Waals surface area contributed by atoms with Crippen LogP contribution in [0.4, 0.5) is 0 Å². The highest BCUT2D eigenvalue weighted by Crippen LogP contribution is 2.49. The number of imidazole rings is 1. The van der Waals surface area contributed by atoms with Crippen molar-refractivity contribution in [2.45, 2.75) is 44.1 Å². The van der Waals surface area contributed by atoms with Gasteiger partial charge in [-0.2, -0.15) is 0 Å². The van der Waals surface area contributed by atoms with Crippen molar-refractivity contribution < 1.29 is 4.79 Å². The molecule has 0 radical (unpaired) electrons. The van der Waals surface area contributed by atoms with Crippen molar-refractivity contribution in [3.63, 3.8) is 0 Å². The lowest BCUT2D eigenvalue weighted by Gasteiger charge is -2.36. The van der Waals surface area contributed by atoms with E-state index < -0.39 is 5.54 Å². The van der Waals surface area contributed by atoms with E-state index >= 15 is 0 Å². The smallest absolute Gasteiger partial charge is 0.222 e. The third-order valence-corrected chi connectivity index (χ3v) is 8.40. The van der Waals surface area contributed by atoms with E-state index in [-0.39, 0.29) is 0 Å². The molecule has 1 saturated heterocycles. The molecule has 32 heavy (non-hydrogen) atoms. The average Bonchev–Trinajstić information content (AvgIpc) is 3.50. The number of hydrogen-bond acceptors (Lipinski definition) is 2. The Morgan fingerprint density at radius 2 is 1.72 bits per heavy atom. The number of nitrogens with zero attached hydrogens (tertiary/aromatic N) is 3. The largest absolute Gasteiger partial charge is 0.343 e. The van der Waals surface area contributed by atoms with E-state index in [1.807, 2.05) is 6.20 Å². The number of aromatic nitrogens is 2. The SMILES string of the molecule is O=C(CCC1(c2ccc(Br)cc2)c2ccccc2-c2nccn21)N1CCC(C2CC2)CC1. The Morgan fingerprint density at radius 3 is 2.47 bits per heavy atom. The molecule has 164 valence electrons. The van der Waals surface area contributed by atoms with Gasteiger partial charge >= 0.3 is 0 Å². The van der Waals surface area contributed by atoms with E-state index in [4.69, 9.17) is 0 Å². The molecule has 1 aliphatic carbocycles. The van der Waals surface area contributed by atoms with Gasteiger partial charge in [-0.1, -0.05) is 52.3 Å². The number of carbonyl (C=O) groups is 1. The van der Waals surface area contributed by atoms with Gasteiger partial charge in [0.25, 0.3) is 0 Å². The van der Waals surface area contributed by atoms with Crippen molar-refractivity contribution in [1.82, 2.24) is 14.5 Å². The molecule has 2 fully saturated rings. The van der Waals surface area contributed by atoms with Gasteiger partial charge in [-0.15, -0.1) is 0 Å². The van der Waals surface area contributed by atoms with Gasteiger partial charge in [0.05, 0.1) is 5.54 Å². The first-order valence-corrected chi connectivity index (χ1v) is 12.6. The van der Waals surface area contributed by atoms with Crippen LogP contribution in [-0.4, -0.2) is 33.4 Å². The Labute approximate surface area is 197 Å². The first-order chi connectivity index (χ1) is 15.7. The number of hydrogen-bond donors (Lipinski definition) is 0. The van der Waals surface area contributed by atoms with Crippen LogP contribution >= 0.6 is 15.9 Å². The molecule has 1 atom stereocenters. The number of piperidine rings is 1. The predicted molar refractivity (Wildman–Crippen MR) is 129 cm³/mol. The highest BCUT2D eigenvalue weighted by molar-refractivity contribution is 9.10. The lowest BCUT2D eigenvalue weighted by atomic mass is 9.79. The minimum atomic E-state index is -0.412. The molecule has 0 N–H and O–H groups in total. The van der Waals surface area contributed by atoms with Crippen molar-refractivity contribution in [2.24, 2.45) is 11.8 Å². The monoisotopic (exact) mass is 489 g/mol. The van der Waals surface area contributed by atoms with Gasteiger partial charge in [0.2, 0.25) is 5.91 Å². The zero-order chi connectivity index (χ0) is 21.7. The molecule has 2 aromatic carbocycles. The molecule has 3 aliphatic rings. The summed E-state index contributed by atoms with van der Waals surface area (Å²) in [4.78, 5) is 20.1. The number of amides is 1. The third kappa shape index (κ3) is 3.24. The zero-order valence-corrected chi connectivity index (χ0v) is 19.8. The number of benzene rings is 2. The van der Waals surface area contributed by atoms with Crippen LogP contribution in [0.2, 0.25) is 0 Å². The molecule has 1 aromatic heterocycles. The third-order valence-electron chi connectivity index (χ3n) is 7.87. The van der Waals surface area contributed by atoms with Crippen LogP contribution in [0, 0.1) is 11.8 Å². The highest BCUT2D eigenvalue weighted by atomic mass is 79.9. The van der Waals surface area contributed by atoms with E-state index in [2.05, 4.69) is 85.1 Å². The van der Waals surface area contributed by atoms with Crippen LogP contribution in [0.5, 0.6) is 0 Å². The zero-order valence-electron chi connectivity index (χ0n) is 18.2. The van der Waals surface area contributed by atoms with Crippen LogP contribution in [0.25, 0.3) is 11.4 Å². The summed E-state index contributed by atoms with van der Waals surface area (Å²) in [5.74, 6) is 3.08. The average molecular weight is 490 g/mol. The summed E-state index contributed by atoms with van der Waals surface area (Å²) in [6.07, 6.45) is 10.4. The maximum absolute atomic E-state index is 13.3. The van der Waals surface area contributed by atoms with E-state index in [1.165, 1.54) is 36.8 Å². The van der Waals surface area contributed by atoms with Crippen LogP contribution in [0.1, 0.15) is 49.7 Å². The Kier molecular flexibility index (Phi) is 4.98. The molecule has 1 unspecified atom stereocenters. The van der Waals surface area contributed by atoms with Gasteiger partial charge < -0.3 is 9.47 Å². The molecule has 1 amide bonds. The van der Waals surface area contributed by atoms with Crippen molar-refractivity contribution >= 4 is 21.8 Å². The summed E-state index contributed by atoms with van der Waals surface area (Å²) >= 11 is 3.58. The fourth-order valence-corrected chi connectivity index (χ4v) is 6.30. The van der Waals surface area contributed by atoms with Crippen LogP contribution in [0.15, 0.2) is 65.4 Å². The van der Waals surface area contributed by atoms with Crippen molar-refractivity contribution in [3.8, 4) is 11.4 Å². The fourth-order valence-electron chi connectivity index (χ4n) is 6.03. The van der Waals surface area contributed by atoms with E-state index in [0.717, 1.165) is 47.2 Å². The lowest BCUT2D eigenvalue weighted by molar-refractivity contribution is -0.133. The molecule has 0 spiro atoms. The van der Waals surface area contributed by atoms with Gasteiger partial charge in [0.1, 0.15) is 5.82 Å². The van der Waals surface area contributed by atoms with Crippen LogP contribution in [-0.2, 0) is 10.3 Å². The van der Waals surface area contributed by atoms with Gasteiger partial charge in [0.15, 0.2) is 0 Å². The molecule has 2 aliphatic heterocycles. The van der Waals surface area contributed by atoms with Gasteiger partial charge in [-0.3, -0.25) is 4.79 Å². The molecular formula is C27H28BrN3O. The maximum atomic E-state index is 13.3. The van der Waals surface area contributed by atoms with Crippen molar-refractivity contribution in [3.05, 3.63) is 76.5 Å². The van der Waals surface area contributed by atoms with E-state index in [9.17, 15) is 4.79 Å².